The lowest BCUT2D eigenvalue weighted by molar-refractivity contribution is -0.115. The lowest BCUT2D eigenvalue weighted by Crippen LogP contribution is -2.19. The summed E-state index contributed by atoms with van der Waals surface area (Å²) >= 11 is 4.60. The fourth-order valence-electron chi connectivity index (χ4n) is 1.99. The number of hydrogen-bond donors (Lipinski definition) is 2. The smallest absolute Gasteiger partial charge is 0.335 e. The van der Waals surface area contributed by atoms with Crippen molar-refractivity contribution in [1.29, 1.82) is 0 Å². The quantitative estimate of drug-likeness (QED) is 0.759. The van der Waals surface area contributed by atoms with Gasteiger partial charge in [0.15, 0.2) is 5.17 Å². The van der Waals surface area contributed by atoms with Gasteiger partial charge in [0.25, 0.3) is 5.91 Å². The van der Waals surface area contributed by atoms with Crippen LogP contribution in [0.2, 0.25) is 0 Å². The van der Waals surface area contributed by atoms with E-state index in [1.807, 2.05) is 24.3 Å². The molecule has 0 saturated carbocycles. The van der Waals surface area contributed by atoms with E-state index >= 15 is 0 Å². The Kier molecular flexibility index (Phi) is 4.82. The largest absolute Gasteiger partial charge is 0.478 e. The van der Waals surface area contributed by atoms with E-state index in [-0.39, 0.29) is 11.5 Å². The molecule has 1 saturated heterocycles. The number of benzene rings is 2. The molecular formula is C17H11BrN2O3S. The highest BCUT2D eigenvalue weighted by atomic mass is 79.9. The van der Waals surface area contributed by atoms with E-state index < -0.39 is 5.97 Å². The number of hydrogen-bond acceptors (Lipinski definition) is 4. The van der Waals surface area contributed by atoms with Crippen LogP contribution in [0.1, 0.15) is 15.9 Å². The number of aromatic carboxylic acids is 1. The number of nitrogens with one attached hydrogen (secondary N) is 1. The number of halogens is 1. The molecule has 0 aliphatic carbocycles. The number of carboxylic acids is 1. The number of carbonyl (C=O) groups excluding carboxylic acids is 1. The minimum absolute atomic E-state index is 0.207. The van der Waals surface area contributed by atoms with Gasteiger partial charge >= 0.3 is 5.97 Å². The molecule has 1 amide bonds. The van der Waals surface area contributed by atoms with Gasteiger partial charge in [-0.2, -0.15) is 0 Å². The minimum Gasteiger partial charge on any atom is -0.478 e. The predicted molar refractivity (Wildman–Crippen MR) is 98.3 cm³/mol. The van der Waals surface area contributed by atoms with Gasteiger partial charge < -0.3 is 10.4 Å². The summed E-state index contributed by atoms with van der Waals surface area (Å²) in [5, 5.41) is 12.1. The average Bonchev–Trinajstić information content (AvgIpc) is 2.89. The van der Waals surface area contributed by atoms with Gasteiger partial charge in [-0.25, -0.2) is 9.79 Å². The predicted octanol–water partition coefficient (Wildman–Crippen LogP) is 4.04. The van der Waals surface area contributed by atoms with Crippen LogP contribution < -0.4 is 5.32 Å². The highest BCUT2D eigenvalue weighted by Gasteiger charge is 2.23. The Hall–Kier alpha value is -2.38. The molecule has 0 aromatic heterocycles. The Morgan fingerprint density at radius 2 is 1.79 bits per heavy atom. The number of aliphatic imine (C=N–C) groups is 1. The van der Waals surface area contributed by atoms with Crippen LogP contribution in [-0.4, -0.2) is 22.2 Å². The van der Waals surface area contributed by atoms with Crippen molar-refractivity contribution in [2.45, 2.75) is 0 Å². The number of amides is 1. The fourth-order valence-corrected chi connectivity index (χ4v) is 3.09. The van der Waals surface area contributed by atoms with Gasteiger partial charge in [0, 0.05) is 4.47 Å². The lowest BCUT2D eigenvalue weighted by atomic mass is 10.1. The topological polar surface area (TPSA) is 78.8 Å². The third-order valence-electron chi connectivity index (χ3n) is 3.16. The standard InChI is InChI=1S/C17H11BrN2O3S/c18-12-5-7-13(8-6-12)19-17-20-15(21)14(24-17)9-10-1-3-11(4-2-10)16(22)23/h1-9H,(H,22,23)(H,19,20,21). The summed E-state index contributed by atoms with van der Waals surface area (Å²) in [6.45, 7) is 0. The second-order valence-corrected chi connectivity index (χ2v) is 6.83. The highest BCUT2D eigenvalue weighted by Crippen LogP contribution is 2.28. The zero-order valence-electron chi connectivity index (χ0n) is 12.2. The molecule has 2 aromatic rings. The molecule has 2 aromatic carbocycles. The monoisotopic (exact) mass is 402 g/mol. The van der Waals surface area contributed by atoms with Crippen molar-refractivity contribution >= 4 is 56.5 Å². The summed E-state index contributed by atoms with van der Waals surface area (Å²) in [6.07, 6.45) is 1.70. The van der Waals surface area contributed by atoms with Gasteiger partial charge in [-0.3, -0.25) is 4.79 Å². The molecule has 120 valence electrons. The summed E-state index contributed by atoms with van der Waals surface area (Å²) in [5.41, 5.74) is 1.70. The molecule has 24 heavy (non-hydrogen) atoms. The number of thioether (sulfide) groups is 1. The molecule has 1 aliphatic rings. The van der Waals surface area contributed by atoms with Crippen molar-refractivity contribution in [3.05, 3.63) is 69.0 Å². The van der Waals surface area contributed by atoms with E-state index in [2.05, 4.69) is 26.2 Å². The molecule has 3 rings (SSSR count). The van der Waals surface area contributed by atoms with E-state index in [1.165, 1.54) is 23.9 Å². The minimum atomic E-state index is -0.980. The molecule has 5 nitrogen and oxygen atoms in total. The maximum absolute atomic E-state index is 12.0. The first-order valence-electron chi connectivity index (χ1n) is 6.90. The summed E-state index contributed by atoms with van der Waals surface area (Å²) in [6, 6.07) is 13.8. The molecule has 0 bridgehead atoms. The van der Waals surface area contributed by atoms with Crippen LogP contribution in [0.15, 0.2) is 62.9 Å². The van der Waals surface area contributed by atoms with Crippen molar-refractivity contribution in [1.82, 2.24) is 5.32 Å². The molecule has 1 aliphatic heterocycles. The SMILES string of the molecule is O=C1NC(=Nc2ccc(Br)cc2)SC1=Cc1ccc(C(=O)O)cc1. The molecule has 2 N–H and O–H groups in total. The highest BCUT2D eigenvalue weighted by molar-refractivity contribution is 9.10. The van der Waals surface area contributed by atoms with Crippen LogP contribution in [0.25, 0.3) is 6.08 Å². The number of rotatable bonds is 3. The van der Waals surface area contributed by atoms with Crippen molar-refractivity contribution in [3.8, 4) is 0 Å². The summed E-state index contributed by atoms with van der Waals surface area (Å²) in [5.74, 6) is -1.20. The Bertz CT molecular complexity index is 858. The second-order valence-electron chi connectivity index (χ2n) is 4.89. The van der Waals surface area contributed by atoms with Crippen molar-refractivity contribution < 1.29 is 14.7 Å². The molecule has 1 heterocycles. The van der Waals surface area contributed by atoms with Crippen LogP contribution >= 0.6 is 27.7 Å². The van der Waals surface area contributed by atoms with E-state index in [0.29, 0.717) is 10.1 Å². The van der Waals surface area contributed by atoms with Crippen LogP contribution in [0, 0.1) is 0 Å². The van der Waals surface area contributed by atoms with E-state index in [0.717, 1.165) is 15.7 Å². The van der Waals surface area contributed by atoms with Gasteiger partial charge in [0.05, 0.1) is 16.2 Å². The second kappa shape index (κ2) is 7.02. The van der Waals surface area contributed by atoms with Crippen molar-refractivity contribution in [3.63, 3.8) is 0 Å². The van der Waals surface area contributed by atoms with Gasteiger partial charge in [-0.1, -0.05) is 28.1 Å². The molecular weight excluding hydrogens is 392 g/mol. The normalized spacial score (nSPS) is 17.3. The Morgan fingerprint density at radius 1 is 1.12 bits per heavy atom. The molecule has 1 fully saturated rings. The third-order valence-corrected chi connectivity index (χ3v) is 4.60. The van der Waals surface area contributed by atoms with Crippen LogP contribution in [0.5, 0.6) is 0 Å². The zero-order chi connectivity index (χ0) is 17.1. The number of carbonyl (C=O) groups is 2. The first-order valence-corrected chi connectivity index (χ1v) is 8.51. The van der Waals surface area contributed by atoms with Crippen molar-refractivity contribution in [2.24, 2.45) is 4.99 Å². The summed E-state index contributed by atoms with van der Waals surface area (Å²) in [4.78, 5) is 27.8. The zero-order valence-corrected chi connectivity index (χ0v) is 14.6. The molecule has 0 spiro atoms. The van der Waals surface area contributed by atoms with Crippen LogP contribution in [-0.2, 0) is 4.79 Å². The molecule has 0 radical (unpaired) electrons. The Labute approximate surface area is 150 Å². The Morgan fingerprint density at radius 3 is 2.42 bits per heavy atom. The fraction of sp³-hybridized carbons (Fsp3) is 0. The number of carboxylic acid groups (broad SMARTS) is 1. The summed E-state index contributed by atoms with van der Waals surface area (Å²) in [7, 11) is 0. The lowest BCUT2D eigenvalue weighted by Gasteiger charge is -1.97. The van der Waals surface area contributed by atoms with E-state index in [4.69, 9.17) is 5.11 Å². The molecule has 7 heteroatoms. The Balaban J connectivity index is 1.79. The van der Waals surface area contributed by atoms with Gasteiger partial charge in [0.2, 0.25) is 0 Å². The van der Waals surface area contributed by atoms with Crippen LogP contribution in [0.4, 0.5) is 5.69 Å². The average molecular weight is 403 g/mol. The number of nitrogens with zero attached hydrogens (tertiary/aromatic N) is 1. The number of amidine groups is 1. The van der Waals surface area contributed by atoms with E-state index in [9.17, 15) is 9.59 Å². The van der Waals surface area contributed by atoms with Gasteiger partial charge in [0.1, 0.15) is 0 Å². The van der Waals surface area contributed by atoms with Gasteiger partial charge in [-0.05, 0) is 59.8 Å². The molecule has 0 atom stereocenters. The third kappa shape index (κ3) is 3.93. The van der Waals surface area contributed by atoms with E-state index in [1.54, 1.807) is 18.2 Å². The van der Waals surface area contributed by atoms with Crippen LogP contribution in [0.3, 0.4) is 0 Å². The molecule has 0 unspecified atom stereocenters. The maximum atomic E-state index is 12.0. The van der Waals surface area contributed by atoms with Crippen molar-refractivity contribution in [2.75, 3.05) is 0 Å². The van der Waals surface area contributed by atoms with Gasteiger partial charge in [-0.15, -0.1) is 0 Å². The maximum Gasteiger partial charge on any atom is 0.335 e. The first kappa shape index (κ1) is 16.5. The summed E-state index contributed by atoms with van der Waals surface area (Å²) < 4.78 is 0.958. The first-order chi connectivity index (χ1) is 11.5.